The lowest BCUT2D eigenvalue weighted by Gasteiger charge is -2.20. The van der Waals surface area contributed by atoms with E-state index in [2.05, 4.69) is 0 Å². The number of carboxylic acids is 1. The number of carboxylic acid groups (broad SMARTS) is 1. The fourth-order valence-corrected chi connectivity index (χ4v) is 1.60. The first kappa shape index (κ1) is 11.2. The van der Waals surface area contributed by atoms with E-state index < -0.39 is 36.0 Å². The number of aliphatic carboxylic acids is 1. The van der Waals surface area contributed by atoms with Gasteiger partial charge in [-0.25, -0.2) is 0 Å². The number of aliphatic hydroxyl groups excluding tert-OH is 1. The molecule has 0 saturated carbocycles. The zero-order valence-corrected chi connectivity index (χ0v) is 8.35. The largest absolute Gasteiger partial charge is 0.503 e. The summed E-state index contributed by atoms with van der Waals surface area (Å²) in [5.74, 6) is -3.07. The molecule has 1 aliphatic heterocycles. The maximum Gasteiger partial charge on any atom is 0.323 e. The van der Waals surface area contributed by atoms with E-state index in [1.165, 1.54) is 13.8 Å². The van der Waals surface area contributed by atoms with E-state index >= 15 is 0 Å². The second kappa shape index (κ2) is 3.72. The molecular weight excluding hydrogens is 202 g/mol. The Balaban J connectivity index is 3.00. The van der Waals surface area contributed by atoms with Crippen LogP contribution in [0.25, 0.3) is 0 Å². The second-order valence-corrected chi connectivity index (χ2v) is 3.32. The molecule has 1 aliphatic rings. The van der Waals surface area contributed by atoms with Crippen molar-refractivity contribution in [1.29, 1.82) is 0 Å². The van der Waals surface area contributed by atoms with Crippen LogP contribution in [0.5, 0.6) is 0 Å². The highest BCUT2D eigenvalue weighted by atomic mass is 16.4. The third-order valence-corrected chi connectivity index (χ3v) is 2.29. The molecule has 2 N–H and O–H groups in total. The number of carbonyl (C=O) groups excluding carboxylic acids is 2. The fourth-order valence-electron chi connectivity index (χ4n) is 1.60. The van der Waals surface area contributed by atoms with Crippen LogP contribution in [0.1, 0.15) is 13.8 Å². The molecule has 6 heteroatoms. The van der Waals surface area contributed by atoms with Gasteiger partial charge in [0.05, 0.1) is 11.6 Å². The Bertz CT molecular complexity index is 371. The van der Waals surface area contributed by atoms with Gasteiger partial charge < -0.3 is 15.1 Å². The minimum Gasteiger partial charge on any atom is -0.503 e. The third kappa shape index (κ3) is 1.83. The molecule has 6 nitrogen and oxygen atoms in total. The number of hydrogen-bond acceptors (Lipinski definition) is 4. The Morgan fingerprint density at radius 2 is 2.00 bits per heavy atom. The first-order valence-electron chi connectivity index (χ1n) is 4.33. The molecule has 1 atom stereocenters. The molecule has 0 aromatic carbocycles. The zero-order valence-electron chi connectivity index (χ0n) is 8.35. The molecule has 15 heavy (non-hydrogen) atoms. The molecule has 1 amide bonds. The third-order valence-electron chi connectivity index (χ3n) is 2.29. The molecule has 0 fully saturated rings. The van der Waals surface area contributed by atoms with Gasteiger partial charge in [0.1, 0.15) is 6.54 Å². The molecule has 82 valence electrons. The average Bonchev–Trinajstić information content (AvgIpc) is 2.29. The SMILES string of the molecule is CC(=O)C1=C(O)C(=O)N(CC(=O)O)C1C. The number of rotatable bonds is 3. The molecule has 0 aromatic heterocycles. The Hall–Kier alpha value is -1.85. The van der Waals surface area contributed by atoms with E-state index in [1.54, 1.807) is 0 Å². The van der Waals surface area contributed by atoms with Crippen LogP contribution in [0.2, 0.25) is 0 Å². The highest BCUT2D eigenvalue weighted by Crippen LogP contribution is 2.24. The lowest BCUT2D eigenvalue weighted by Crippen LogP contribution is -2.38. The van der Waals surface area contributed by atoms with Gasteiger partial charge in [-0.1, -0.05) is 0 Å². The molecule has 1 heterocycles. The van der Waals surface area contributed by atoms with Crippen molar-refractivity contribution in [3.05, 3.63) is 11.3 Å². The minimum absolute atomic E-state index is 0.0266. The van der Waals surface area contributed by atoms with Gasteiger partial charge in [-0.15, -0.1) is 0 Å². The Labute approximate surface area is 85.8 Å². The number of nitrogens with zero attached hydrogens (tertiary/aromatic N) is 1. The van der Waals surface area contributed by atoms with Crippen molar-refractivity contribution in [2.24, 2.45) is 0 Å². The van der Waals surface area contributed by atoms with Gasteiger partial charge in [0, 0.05) is 0 Å². The summed E-state index contributed by atoms with van der Waals surface area (Å²) in [5, 5.41) is 17.9. The second-order valence-electron chi connectivity index (χ2n) is 3.32. The molecule has 0 spiro atoms. The molecular formula is C9H11NO5. The number of Topliss-reactive ketones (excluding diaryl/α,β-unsaturated/α-hetero) is 1. The molecule has 0 radical (unpaired) electrons. The van der Waals surface area contributed by atoms with Gasteiger partial charge in [-0.2, -0.15) is 0 Å². The quantitative estimate of drug-likeness (QED) is 0.671. The van der Waals surface area contributed by atoms with Crippen molar-refractivity contribution >= 4 is 17.7 Å². The summed E-state index contributed by atoms with van der Waals surface area (Å²) in [5.41, 5.74) is -0.0266. The van der Waals surface area contributed by atoms with Gasteiger partial charge in [0.2, 0.25) is 0 Å². The van der Waals surface area contributed by atoms with Crippen molar-refractivity contribution < 1.29 is 24.6 Å². The van der Waals surface area contributed by atoms with Gasteiger partial charge in [-0.05, 0) is 13.8 Å². The number of ketones is 1. The first-order chi connectivity index (χ1) is 6.86. The van der Waals surface area contributed by atoms with E-state index in [9.17, 15) is 19.5 Å². The predicted molar refractivity (Wildman–Crippen MR) is 49.1 cm³/mol. The predicted octanol–water partition coefficient (Wildman–Crippen LogP) is -0.297. The van der Waals surface area contributed by atoms with Crippen LogP contribution >= 0.6 is 0 Å². The van der Waals surface area contributed by atoms with Crippen molar-refractivity contribution in [3.63, 3.8) is 0 Å². The van der Waals surface area contributed by atoms with Gasteiger partial charge in [-0.3, -0.25) is 14.4 Å². The summed E-state index contributed by atoms with van der Waals surface area (Å²) in [6.07, 6.45) is 0. The molecule has 1 unspecified atom stereocenters. The number of hydrogen-bond donors (Lipinski definition) is 2. The summed E-state index contributed by atoms with van der Waals surface area (Å²) in [4.78, 5) is 33.9. The maximum absolute atomic E-state index is 11.4. The van der Waals surface area contributed by atoms with Gasteiger partial charge >= 0.3 is 5.97 Å². The van der Waals surface area contributed by atoms with Crippen LogP contribution in [0.15, 0.2) is 11.3 Å². The standard InChI is InChI=1S/C9H11NO5/c1-4-7(5(2)11)8(14)9(15)10(4)3-6(12)13/h4,14H,3H2,1-2H3,(H,12,13). The van der Waals surface area contributed by atoms with Crippen LogP contribution in [0.4, 0.5) is 0 Å². The molecule has 1 rings (SSSR count). The molecule has 0 saturated heterocycles. The summed E-state index contributed by atoms with van der Waals surface area (Å²) in [6.45, 7) is 2.20. The Morgan fingerprint density at radius 3 is 2.33 bits per heavy atom. The Kier molecular flexibility index (Phi) is 2.78. The number of aliphatic hydroxyl groups is 1. The molecule has 0 aromatic rings. The van der Waals surface area contributed by atoms with Crippen molar-refractivity contribution in [1.82, 2.24) is 4.90 Å². The summed E-state index contributed by atoms with van der Waals surface area (Å²) in [7, 11) is 0. The van der Waals surface area contributed by atoms with Gasteiger partial charge in [0.15, 0.2) is 11.5 Å². The topological polar surface area (TPSA) is 94.9 Å². The summed E-state index contributed by atoms with van der Waals surface area (Å²) >= 11 is 0. The van der Waals surface area contributed by atoms with Gasteiger partial charge in [0.25, 0.3) is 5.91 Å². The average molecular weight is 213 g/mol. The monoisotopic (exact) mass is 213 g/mol. The highest BCUT2D eigenvalue weighted by molar-refractivity contribution is 6.08. The van der Waals surface area contributed by atoms with Crippen molar-refractivity contribution in [2.45, 2.75) is 19.9 Å². The molecule has 0 aliphatic carbocycles. The lowest BCUT2D eigenvalue weighted by molar-refractivity contribution is -0.143. The number of amides is 1. The summed E-state index contributed by atoms with van der Waals surface area (Å²) in [6, 6.07) is -0.689. The van der Waals surface area contributed by atoms with Crippen LogP contribution in [0.3, 0.4) is 0 Å². The smallest absolute Gasteiger partial charge is 0.323 e. The minimum atomic E-state index is -1.19. The van der Waals surface area contributed by atoms with E-state index in [0.29, 0.717) is 0 Å². The zero-order chi connectivity index (χ0) is 11.7. The lowest BCUT2D eigenvalue weighted by atomic mass is 10.1. The molecule has 0 bridgehead atoms. The van der Waals surface area contributed by atoms with E-state index in [0.717, 1.165) is 4.90 Å². The highest BCUT2D eigenvalue weighted by Gasteiger charge is 2.39. The van der Waals surface area contributed by atoms with E-state index in [1.807, 2.05) is 0 Å². The number of carbonyl (C=O) groups is 3. The first-order valence-corrected chi connectivity index (χ1v) is 4.33. The maximum atomic E-state index is 11.4. The van der Waals surface area contributed by atoms with E-state index in [-0.39, 0.29) is 5.57 Å². The van der Waals surface area contributed by atoms with Crippen LogP contribution in [-0.2, 0) is 14.4 Å². The van der Waals surface area contributed by atoms with Crippen molar-refractivity contribution in [2.75, 3.05) is 6.54 Å². The van der Waals surface area contributed by atoms with Crippen LogP contribution in [0, 0.1) is 0 Å². The van der Waals surface area contributed by atoms with E-state index in [4.69, 9.17) is 5.11 Å². The van der Waals surface area contributed by atoms with Crippen LogP contribution in [-0.4, -0.2) is 45.4 Å². The fraction of sp³-hybridized carbons (Fsp3) is 0.444. The normalized spacial score (nSPS) is 21.1. The summed E-state index contributed by atoms with van der Waals surface area (Å²) < 4.78 is 0. The van der Waals surface area contributed by atoms with Crippen LogP contribution < -0.4 is 0 Å². The Morgan fingerprint density at radius 1 is 1.47 bits per heavy atom. The van der Waals surface area contributed by atoms with Crippen molar-refractivity contribution in [3.8, 4) is 0 Å².